The Labute approximate surface area is 128 Å². The molecule has 0 aromatic heterocycles. The molecular weight excluding hydrogens is 433 g/mol. The molecule has 0 atom stereocenters. The van der Waals surface area contributed by atoms with Crippen molar-refractivity contribution in [3.05, 3.63) is 29.1 Å². The van der Waals surface area contributed by atoms with Crippen molar-refractivity contribution in [2.75, 3.05) is 26.2 Å². The normalized spacial score (nSPS) is 4.29. The topological polar surface area (TPSA) is 160 Å². The van der Waals surface area contributed by atoms with E-state index in [-0.39, 0.29) is 106 Å². The predicted octanol–water partition coefficient (Wildman–Crippen LogP) is -6.92. The number of nitrogens with one attached hydrogen (secondary N) is 4. The zero-order chi connectivity index (χ0) is 6.83. The fraction of sp³-hybridized carbons (Fsp3) is 1.00. The predicted molar refractivity (Wildman–Crippen MR) is 45.7 cm³/mol. The first-order chi connectivity index (χ1) is 3.83. The molecule has 0 rings (SSSR count). The van der Waals surface area contributed by atoms with E-state index in [0.29, 0.717) is 0 Å². The van der Waals surface area contributed by atoms with Crippen LogP contribution in [0, 0.1) is 0 Å². The van der Waals surface area contributed by atoms with Gasteiger partial charge in [0.05, 0.1) is 0 Å². The second-order valence-corrected chi connectivity index (χ2v) is 1.000. The molecule has 0 radical (unpaired) electrons. The van der Waals surface area contributed by atoms with Crippen LogP contribution in [-0.4, -0.2) is 31.7 Å². The van der Waals surface area contributed by atoms with E-state index in [4.69, 9.17) is 22.9 Å². The molecule has 0 aliphatic carbocycles. The Balaban J connectivity index is -0.00000000600. The first-order valence-electron chi connectivity index (χ1n) is 2.41. The molecule has 0 aromatic carbocycles. The Morgan fingerprint density at radius 1 is 0.571 bits per heavy atom. The molecule has 0 amide bonds. The van der Waals surface area contributed by atoms with E-state index < -0.39 is 0 Å². The van der Waals surface area contributed by atoms with Gasteiger partial charge in [-0.1, -0.05) is 0 Å². The second-order valence-electron chi connectivity index (χ2n) is 1.000. The third-order valence-electron chi connectivity index (χ3n) is 0.250. The molecule has 8 N–H and O–H groups in total. The number of hydrogen-bond acceptors (Lipinski definition) is 0. The molecule has 0 saturated carbocycles. The second kappa shape index (κ2) is 84.8. The van der Waals surface area contributed by atoms with Crippen molar-refractivity contribution < 1.29 is 73.2 Å². The molecule has 0 aromatic rings. The van der Waals surface area contributed by atoms with Crippen LogP contribution in [0.3, 0.4) is 0 Å². The molecule has 0 aliphatic rings. The van der Waals surface area contributed by atoms with E-state index in [0.717, 1.165) is 0 Å². The van der Waals surface area contributed by atoms with Crippen LogP contribution in [0.5, 0.6) is 0 Å². The molecule has 14 heavy (non-hydrogen) atoms. The van der Waals surface area contributed by atoms with Crippen molar-refractivity contribution >= 4 is 0 Å². The number of nitrogens with two attached hydrogens (primary N) is 1. The smallest absolute Gasteiger partial charge is 1.00 e. The summed E-state index contributed by atoms with van der Waals surface area (Å²) in [6, 6.07) is 0. The van der Waals surface area contributed by atoms with Gasteiger partial charge >= 0.3 is 16.8 Å². The number of rotatable bonds is 2. The van der Waals surface area contributed by atoms with Crippen molar-refractivity contribution in [3.63, 3.8) is 0 Å². The minimum absolute atomic E-state index is 0. The Bertz CT molecular complexity index is 36.9. The van der Waals surface area contributed by atoms with Gasteiger partial charge in [-0.25, -0.2) is 0 Å². The molecule has 0 fully saturated rings. The van der Waals surface area contributed by atoms with Gasteiger partial charge in [0.2, 0.25) is 0 Å². The van der Waals surface area contributed by atoms with Crippen LogP contribution in [-0.2, 0) is 16.8 Å². The van der Waals surface area contributed by atoms with Gasteiger partial charge < -0.3 is 85.5 Å². The van der Waals surface area contributed by atoms with Crippen molar-refractivity contribution in [1.82, 2.24) is 0 Å². The largest absolute Gasteiger partial charge is 3.00 e. The maximum atomic E-state index is 6.26. The molecule has 0 aliphatic heterocycles. The Kier molecular flexibility index (Phi) is 347. The van der Waals surface area contributed by atoms with Gasteiger partial charge in [0.15, 0.2) is 0 Å². The zero-order valence-electron chi connectivity index (χ0n) is 7.37. The Morgan fingerprint density at radius 2 is 0.643 bits per heavy atom. The molecule has 0 bridgehead atoms. The average Bonchev–Trinajstić information content (AvgIpc) is 1.88. The van der Waals surface area contributed by atoms with Gasteiger partial charge in [0.1, 0.15) is 0 Å². The molecule has 98 valence electrons. The molecule has 0 unspecified atom stereocenters. The third-order valence-corrected chi connectivity index (χ3v) is 0.250. The van der Waals surface area contributed by atoms with Gasteiger partial charge in [0, 0.05) is 0 Å². The minimum Gasteiger partial charge on any atom is -1.00 e. The van der Waals surface area contributed by atoms with Crippen LogP contribution >= 0.6 is 0 Å². The van der Waals surface area contributed by atoms with Gasteiger partial charge in [-0.3, -0.25) is 0 Å². The minimum atomic E-state index is 0. The van der Waals surface area contributed by atoms with Gasteiger partial charge in [-0.15, -0.1) is 0 Å². The summed E-state index contributed by atoms with van der Waals surface area (Å²) in [4.78, 5) is 0. The third kappa shape index (κ3) is 161. The van der Waals surface area contributed by atoms with Crippen LogP contribution in [0.2, 0.25) is 0 Å². The number of halogens is 3. The summed E-state index contributed by atoms with van der Waals surface area (Å²) >= 11 is 0. The van der Waals surface area contributed by atoms with E-state index in [9.17, 15) is 0 Å². The molecule has 0 heterocycles. The van der Waals surface area contributed by atoms with Gasteiger partial charge in [-0.05, 0) is 0 Å². The molecule has 6 nitrogen and oxygen atoms in total. The summed E-state index contributed by atoms with van der Waals surface area (Å²) in [6.07, 6.45) is 0. The van der Waals surface area contributed by atoms with E-state index in [1.54, 1.807) is 0 Å². The van der Waals surface area contributed by atoms with E-state index >= 15 is 0 Å². The maximum Gasteiger partial charge on any atom is 3.00 e. The van der Waals surface area contributed by atoms with E-state index in [1.807, 2.05) is 0 Å². The summed E-state index contributed by atoms with van der Waals surface area (Å²) in [5.74, 6) is 0. The summed E-state index contributed by atoms with van der Waals surface area (Å²) < 4.78 is 0. The summed E-state index contributed by atoms with van der Waals surface area (Å²) in [5, 5.41) is 0. The number of hydrogen-bond donors (Lipinski definition) is 0. The molecular formula is C4H16Br3CoN5O-5. The van der Waals surface area contributed by atoms with Crippen LogP contribution in [0.25, 0.3) is 29.1 Å². The summed E-state index contributed by atoms with van der Waals surface area (Å²) in [5.41, 5.74) is 25.1. The maximum absolute atomic E-state index is 6.26. The van der Waals surface area contributed by atoms with Crippen LogP contribution in [0.15, 0.2) is 0 Å². The summed E-state index contributed by atoms with van der Waals surface area (Å²) in [6.45, 7) is 0.944. The molecule has 0 spiro atoms. The zero-order valence-corrected chi connectivity index (χ0v) is 13.2. The molecule has 10 heteroatoms. The monoisotopic (exact) mass is 446 g/mol. The van der Waals surface area contributed by atoms with Crippen LogP contribution in [0.1, 0.15) is 0 Å². The van der Waals surface area contributed by atoms with Crippen molar-refractivity contribution in [2.24, 2.45) is 0 Å². The van der Waals surface area contributed by atoms with E-state index in [2.05, 4.69) is 0 Å². The Hall–Kier alpha value is 1.71. The standard InChI is InChI=1S/2C2H6N2.3BrH.Co.H2N.H2O/c2*3-1-2-4;;;;;;/h2*3-4H,1-2H2;3*1H;;2*1H2/q2*-2;;;;+3;-1;/p-3. The SMILES string of the molecule is O.[Br-].[Br-].[Br-].[Co+3].[NH-]CC[NH-].[NH-]CC[NH-].[NH2-]. The fourth-order valence-corrected chi connectivity index (χ4v) is 0. The van der Waals surface area contributed by atoms with Crippen molar-refractivity contribution in [3.8, 4) is 0 Å². The van der Waals surface area contributed by atoms with E-state index in [1.165, 1.54) is 0 Å². The summed E-state index contributed by atoms with van der Waals surface area (Å²) in [7, 11) is 0. The first kappa shape index (κ1) is 57.2. The Morgan fingerprint density at radius 3 is 0.643 bits per heavy atom. The quantitative estimate of drug-likeness (QED) is 0.393. The van der Waals surface area contributed by atoms with Crippen LogP contribution < -0.4 is 50.9 Å². The van der Waals surface area contributed by atoms with Crippen molar-refractivity contribution in [1.29, 1.82) is 0 Å². The first-order valence-corrected chi connectivity index (χ1v) is 2.41. The van der Waals surface area contributed by atoms with Crippen LogP contribution in [0.4, 0.5) is 0 Å². The average molecular weight is 449 g/mol. The fourth-order valence-electron chi connectivity index (χ4n) is 0. The van der Waals surface area contributed by atoms with Gasteiger partial charge in [0.25, 0.3) is 0 Å². The van der Waals surface area contributed by atoms with Crippen molar-refractivity contribution in [2.45, 2.75) is 0 Å². The molecule has 0 saturated heterocycles. The van der Waals surface area contributed by atoms with Gasteiger partial charge in [-0.2, -0.15) is 26.2 Å².